The number of aromatic nitrogens is 2. The smallest absolute Gasteiger partial charge is 0.355 e. The maximum atomic E-state index is 12.2. The highest BCUT2D eigenvalue weighted by Gasteiger charge is 2.19. The minimum atomic E-state index is -1.09. The van der Waals surface area contributed by atoms with Crippen LogP contribution >= 0.6 is 22.7 Å². The fraction of sp³-hybridized carbons (Fsp3) is 0.0769. The van der Waals surface area contributed by atoms with Gasteiger partial charge in [0.25, 0.3) is 5.91 Å². The Kier molecular flexibility index (Phi) is 3.98. The molecule has 0 aliphatic rings. The van der Waals surface area contributed by atoms with E-state index in [9.17, 15) is 9.59 Å². The summed E-state index contributed by atoms with van der Waals surface area (Å²) in [5.41, 5.74) is 0.160. The number of oxazole rings is 1. The maximum Gasteiger partial charge on any atom is 0.355 e. The van der Waals surface area contributed by atoms with Crippen molar-refractivity contribution in [2.45, 2.75) is 6.54 Å². The average molecular weight is 335 g/mol. The van der Waals surface area contributed by atoms with Crippen LogP contribution < -0.4 is 5.32 Å². The van der Waals surface area contributed by atoms with Gasteiger partial charge in [-0.1, -0.05) is 6.07 Å². The van der Waals surface area contributed by atoms with E-state index in [4.69, 9.17) is 9.52 Å². The molecule has 7 nitrogen and oxygen atoms in total. The first kappa shape index (κ1) is 14.4. The van der Waals surface area contributed by atoms with Gasteiger partial charge >= 0.3 is 5.97 Å². The Morgan fingerprint density at radius 2 is 2.23 bits per heavy atom. The minimum Gasteiger partial charge on any atom is -0.476 e. The summed E-state index contributed by atoms with van der Waals surface area (Å²) in [7, 11) is 0. The van der Waals surface area contributed by atoms with Gasteiger partial charge in [0.1, 0.15) is 5.01 Å². The van der Waals surface area contributed by atoms with E-state index in [2.05, 4.69) is 15.3 Å². The number of carbonyl (C=O) groups is 2. The standard InChI is InChI=1S/C13H9N3O4S2/c17-12(14-4-9-16-7(5-22-9)13(18)19)10-11(20-6-15-10)8-2-1-3-21-8/h1-3,5-6H,4H2,(H,14,17)(H,18,19). The normalized spacial score (nSPS) is 10.5. The van der Waals surface area contributed by atoms with Crippen molar-refractivity contribution in [2.24, 2.45) is 0 Å². The fourth-order valence-corrected chi connectivity index (χ4v) is 3.14. The predicted octanol–water partition coefficient (Wildman–Crippen LogP) is 2.49. The largest absolute Gasteiger partial charge is 0.476 e. The molecular weight excluding hydrogens is 326 g/mol. The van der Waals surface area contributed by atoms with Crippen LogP contribution in [-0.2, 0) is 6.54 Å². The zero-order valence-electron chi connectivity index (χ0n) is 11.0. The van der Waals surface area contributed by atoms with Gasteiger partial charge in [-0.15, -0.1) is 22.7 Å². The van der Waals surface area contributed by atoms with Gasteiger partial charge in [0.2, 0.25) is 0 Å². The van der Waals surface area contributed by atoms with Crippen molar-refractivity contribution in [2.75, 3.05) is 0 Å². The number of nitrogens with zero attached hydrogens (tertiary/aromatic N) is 2. The molecule has 0 saturated heterocycles. The van der Waals surface area contributed by atoms with Gasteiger partial charge in [-0.2, -0.15) is 0 Å². The lowest BCUT2D eigenvalue weighted by Gasteiger charge is -2.01. The Bertz CT molecular complexity index is 807. The van der Waals surface area contributed by atoms with Crippen molar-refractivity contribution in [1.82, 2.24) is 15.3 Å². The van der Waals surface area contributed by atoms with Crippen LogP contribution in [0.2, 0.25) is 0 Å². The lowest BCUT2D eigenvalue weighted by Crippen LogP contribution is -2.23. The van der Waals surface area contributed by atoms with Gasteiger partial charge < -0.3 is 14.8 Å². The summed E-state index contributed by atoms with van der Waals surface area (Å²) in [6.45, 7) is 0.132. The van der Waals surface area contributed by atoms with Gasteiger partial charge in [0.15, 0.2) is 23.5 Å². The van der Waals surface area contributed by atoms with E-state index in [0.29, 0.717) is 10.8 Å². The number of carboxylic acid groups (broad SMARTS) is 1. The molecule has 0 saturated carbocycles. The highest BCUT2D eigenvalue weighted by molar-refractivity contribution is 7.13. The van der Waals surface area contributed by atoms with Crippen LogP contribution in [0.25, 0.3) is 10.6 Å². The first-order valence-electron chi connectivity index (χ1n) is 6.08. The number of aromatic carboxylic acids is 1. The van der Waals surface area contributed by atoms with Crippen molar-refractivity contribution in [3.05, 3.63) is 45.7 Å². The first-order chi connectivity index (χ1) is 10.6. The van der Waals surface area contributed by atoms with Crippen LogP contribution in [0.4, 0.5) is 0 Å². The van der Waals surface area contributed by atoms with Gasteiger partial charge in [-0.3, -0.25) is 4.79 Å². The molecule has 0 aliphatic carbocycles. The molecule has 3 heterocycles. The van der Waals surface area contributed by atoms with Gasteiger partial charge in [-0.25, -0.2) is 14.8 Å². The average Bonchev–Trinajstić information content (AvgIpc) is 3.23. The van der Waals surface area contributed by atoms with E-state index in [0.717, 1.165) is 4.88 Å². The lowest BCUT2D eigenvalue weighted by molar-refractivity contribution is 0.0691. The predicted molar refractivity (Wildman–Crippen MR) is 80.1 cm³/mol. The molecule has 0 fully saturated rings. The first-order valence-corrected chi connectivity index (χ1v) is 7.84. The van der Waals surface area contributed by atoms with Crippen LogP contribution in [0.5, 0.6) is 0 Å². The van der Waals surface area contributed by atoms with E-state index >= 15 is 0 Å². The van der Waals surface area contributed by atoms with Crippen LogP contribution in [-0.4, -0.2) is 27.0 Å². The molecule has 1 amide bonds. The number of hydrogen-bond acceptors (Lipinski definition) is 7. The molecule has 2 N–H and O–H groups in total. The quantitative estimate of drug-likeness (QED) is 0.742. The van der Waals surface area contributed by atoms with E-state index < -0.39 is 11.9 Å². The summed E-state index contributed by atoms with van der Waals surface area (Å²) in [5.74, 6) is -1.08. The molecule has 22 heavy (non-hydrogen) atoms. The number of hydrogen-bond donors (Lipinski definition) is 2. The Morgan fingerprint density at radius 1 is 1.36 bits per heavy atom. The van der Waals surface area contributed by atoms with Crippen LogP contribution in [0.15, 0.2) is 33.7 Å². The number of carbonyl (C=O) groups excluding carboxylic acids is 1. The topological polar surface area (TPSA) is 105 Å². The monoisotopic (exact) mass is 335 g/mol. The third-order valence-corrected chi connectivity index (χ3v) is 4.42. The molecule has 9 heteroatoms. The zero-order valence-corrected chi connectivity index (χ0v) is 12.6. The molecule has 0 radical (unpaired) electrons. The molecule has 112 valence electrons. The maximum absolute atomic E-state index is 12.2. The molecule has 3 aromatic rings. The van der Waals surface area contributed by atoms with E-state index in [1.54, 1.807) is 0 Å². The summed E-state index contributed by atoms with van der Waals surface area (Å²) < 4.78 is 5.27. The Morgan fingerprint density at radius 3 is 2.91 bits per heavy atom. The summed E-state index contributed by atoms with van der Waals surface area (Å²) in [4.78, 5) is 31.6. The highest BCUT2D eigenvalue weighted by atomic mass is 32.1. The summed E-state index contributed by atoms with van der Waals surface area (Å²) in [6, 6.07) is 3.69. The number of amides is 1. The summed E-state index contributed by atoms with van der Waals surface area (Å²) in [6.07, 6.45) is 1.22. The molecule has 0 bridgehead atoms. The molecule has 0 atom stereocenters. The van der Waals surface area contributed by atoms with Crippen LogP contribution in [0.3, 0.4) is 0 Å². The molecule has 0 aliphatic heterocycles. The third-order valence-electron chi connectivity index (χ3n) is 2.70. The van der Waals surface area contributed by atoms with Crippen LogP contribution in [0, 0.1) is 0 Å². The Labute approximate surface area is 132 Å². The second-order valence-corrected chi connectivity index (χ2v) is 6.01. The zero-order chi connectivity index (χ0) is 15.5. The number of nitrogens with one attached hydrogen (secondary N) is 1. The number of rotatable bonds is 5. The van der Waals surface area contributed by atoms with Crippen molar-refractivity contribution < 1.29 is 19.1 Å². The number of thiophene rings is 1. The van der Waals surface area contributed by atoms with Crippen molar-refractivity contribution in [1.29, 1.82) is 0 Å². The number of carboxylic acids is 1. The van der Waals surface area contributed by atoms with Crippen molar-refractivity contribution >= 4 is 34.6 Å². The molecule has 0 unspecified atom stereocenters. The second-order valence-electron chi connectivity index (χ2n) is 4.12. The van der Waals surface area contributed by atoms with Gasteiger partial charge in [0, 0.05) is 5.38 Å². The second kappa shape index (κ2) is 6.08. The molecular formula is C13H9N3O4S2. The van der Waals surface area contributed by atoms with Gasteiger partial charge in [-0.05, 0) is 11.4 Å². The molecule has 0 aromatic carbocycles. The number of thiazole rings is 1. The molecule has 3 aromatic heterocycles. The third kappa shape index (κ3) is 2.90. The minimum absolute atomic E-state index is 0.0324. The fourth-order valence-electron chi connectivity index (χ4n) is 1.72. The highest BCUT2D eigenvalue weighted by Crippen LogP contribution is 2.27. The molecule has 0 spiro atoms. The van der Waals surface area contributed by atoms with Crippen molar-refractivity contribution in [3.8, 4) is 10.6 Å². The SMILES string of the molecule is O=C(O)c1csc(CNC(=O)c2ncoc2-c2cccs2)n1. The Hall–Kier alpha value is -2.52. The molecule has 3 rings (SSSR count). The summed E-state index contributed by atoms with van der Waals surface area (Å²) >= 11 is 2.61. The van der Waals surface area contributed by atoms with E-state index in [-0.39, 0.29) is 17.9 Å². The Balaban J connectivity index is 1.70. The van der Waals surface area contributed by atoms with E-state index in [1.165, 1.54) is 34.4 Å². The summed E-state index contributed by atoms with van der Waals surface area (Å²) in [5, 5.41) is 15.3. The van der Waals surface area contributed by atoms with Crippen molar-refractivity contribution in [3.63, 3.8) is 0 Å². The lowest BCUT2D eigenvalue weighted by atomic mass is 10.3. The van der Waals surface area contributed by atoms with Crippen LogP contribution in [0.1, 0.15) is 26.0 Å². The van der Waals surface area contributed by atoms with E-state index in [1.807, 2.05) is 17.5 Å². The van der Waals surface area contributed by atoms with Gasteiger partial charge in [0.05, 0.1) is 11.4 Å².